The highest BCUT2D eigenvalue weighted by atomic mass is 15.3. The van der Waals surface area contributed by atoms with Crippen molar-refractivity contribution in [2.24, 2.45) is 5.41 Å². The molecule has 2 heteroatoms. The van der Waals surface area contributed by atoms with Crippen LogP contribution in [0.4, 0.5) is 0 Å². The van der Waals surface area contributed by atoms with Gasteiger partial charge in [0.05, 0.1) is 0 Å². The standard InChI is InChI=1S/C12H22N2/c1-12(2,3)10-14-9-7-6-8-11(14)13(4)5/h6-9,11H,10H2,1-5H3. The molecular formula is C12H22N2. The zero-order valence-electron chi connectivity index (χ0n) is 9.99. The Morgan fingerprint density at radius 2 is 1.86 bits per heavy atom. The Morgan fingerprint density at radius 3 is 2.36 bits per heavy atom. The number of nitrogens with zero attached hydrogens (tertiary/aromatic N) is 2. The molecule has 80 valence electrons. The highest BCUT2D eigenvalue weighted by Gasteiger charge is 2.21. The molecule has 0 aromatic rings. The maximum atomic E-state index is 2.38. The van der Waals surface area contributed by atoms with Gasteiger partial charge in [0.15, 0.2) is 0 Å². The van der Waals surface area contributed by atoms with Crippen LogP contribution in [0.5, 0.6) is 0 Å². The topological polar surface area (TPSA) is 6.48 Å². The molecule has 1 aliphatic heterocycles. The van der Waals surface area contributed by atoms with E-state index in [1.165, 1.54) is 0 Å². The predicted molar refractivity (Wildman–Crippen MR) is 61.9 cm³/mol. The van der Waals surface area contributed by atoms with Crippen molar-refractivity contribution >= 4 is 0 Å². The lowest BCUT2D eigenvalue weighted by Gasteiger charge is -2.38. The highest BCUT2D eigenvalue weighted by Crippen LogP contribution is 2.20. The van der Waals surface area contributed by atoms with E-state index in [4.69, 9.17) is 0 Å². The van der Waals surface area contributed by atoms with Gasteiger partial charge in [-0.2, -0.15) is 0 Å². The van der Waals surface area contributed by atoms with Crippen LogP contribution in [0.25, 0.3) is 0 Å². The Bertz CT molecular complexity index is 233. The molecule has 1 unspecified atom stereocenters. The number of allylic oxidation sites excluding steroid dienone is 2. The number of rotatable bonds is 2. The fraction of sp³-hybridized carbons (Fsp3) is 0.667. The lowest BCUT2D eigenvalue weighted by molar-refractivity contribution is 0.125. The second kappa shape index (κ2) is 4.18. The smallest absolute Gasteiger partial charge is 0.100 e. The van der Waals surface area contributed by atoms with E-state index in [1.54, 1.807) is 0 Å². The minimum absolute atomic E-state index is 0.337. The fourth-order valence-corrected chi connectivity index (χ4v) is 1.69. The normalized spacial score (nSPS) is 22.1. The minimum Gasteiger partial charge on any atom is -0.358 e. The molecule has 0 spiro atoms. The van der Waals surface area contributed by atoms with E-state index in [-0.39, 0.29) is 0 Å². The summed E-state index contributed by atoms with van der Waals surface area (Å²) in [6.07, 6.45) is 9.02. The first-order valence-electron chi connectivity index (χ1n) is 5.17. The van der Waals surface area contributed by atoms with Crippen molar-refractivity contribution in [3.8, 4) is 0 Å². The van der Waals surface area contributed by atoms with E-state index >= 15 is 0 Å². The average Bonchev–Trinajstić information content (AvgIpc) is 2.01. The summed E-state index contributed by atoms with van der Waals surface area (Å²) in [7, 11) is 4.23. The zero-order chi connectivity index (χ0) is 10.8. The van der Waals surface area contributed by atoms with Gasteiger partial charge < -0.3 is 4.90 Å². The summed E-state index contributed by atoms with van der Waals surface area (Å²) in [6, 6.07) is 0. The summed E-state index contributed by atoms with van der Waals surface area (Å²) in [6.45, 7) is 7.89. The molecule has 14 heavy (non-hydrogen) atoms. The molecule has 1 atom stereocenters. The van der Waals surface area contributed by atoms with Crippen molar-refractivity contribution in [1.82, 2.24) is 9.80 Å². The largest absolute Gasteiger partial charge is 0.358 e. The van der Waals surface area contributed by atoms with Crippen LogP contribution in [-0.2, 0) is 0 Å². The number of hydrogen-bond donors (Lipinski definition) is 0. The first-order valence-corrected chi connectivity index (χ1v) is 5.17. The van der Waals surface area contributed by atoms with Gasteiger partial charge in [-0.05, 0) is 31.7 Å². The van der Waals surface area contributed by atoms with E-state index in [9.17, 15) is 0 Å². The summed E-state index contributed by atoms with van der Waals surface area (Å²) < 4.78 is 0. The van der Waals surface area contributed by atoms with Crippen molar-refractivity contribution in [2.45, 2.75) is 26.9 Å². The molecule has 0 aromatic carbocycles. The molecule has 1 heterocycles. The van der Waals surface area contributed by atoms with Gasteiger partial charge >= 0.3 is 0 Å². The van der Waals surface area contributed by atoms with Crippen LogP contribution in [0.15, 0.2) is 24.4 Å². The van der Waals surface area contributed by atoms with Gasteiger partial charge in [-0.3, -0.25) is 4.90 Å². The molecule has 0 aliphatic carbocycles. The van der Waals surface area contributed by atoms with Crippen LogP contribution in [0, 0.1) is 5.41 Å². The van der Waals surface area contributed by atoms with E-state index in [0.717, 1.165) is 6.54 Å². The molecule has 0 amide bonds. The molecule has 2 nitrogen and oxygen atoms in total. The van der Waals surface area contributed by atoms with Crippen molar-refractivity contribution in [2.75, 3.05) is 20.6 Å². The highest BCUT2D eigenvalue weighted by molar-refractivity contribution is 5.12. The molecule has 0 bridgehead atoms. The fourth-order valence-electron chi connectivity index (χ4n) is 1.69. The van der Waals surface area contributed by atoms with E-state index < -0.39 is 0 Å². The monoisotopic (exact) mass is 194 g/mol. The number of likely N-dealkylation sites (N-methyl/N-ethyl adjacent to an activating group) is 1. The van der Waals surface area contributed by atoms with Gasteiger partial charge in [0.2, 0.25) is 0 Å². The quantitative estimate of drug-likeness (QED) is 0.665. The molecule has 0 aromatic heterocycles. The summed E-state index contributed by atoms with van der Waals surface area (Å²) in [5, 5.41) is 0. The Hall–Kier alpha value is -0.760. The van der Waals surface area contributed by atoms with Crippen LogP contribution in [-0.4, -0.2) is 36.6 Å². The van der Waals surface area contributed by atoms with E-state index in [1.807, 2.05) is 0 Å². The van der Waals surface area contributed by atoms with Gasteiger partial charge in [0.25, 0.3) is 0 Å². The summed E-state index contributed by atoms with van der Waals surface area (Å²) in [5.41, 5.74) is 0.337. The maximum absolute atomic E-state index is 2.38. The van der Waals surface area contributed by atoms with Crippen LogP contribution in [0.3, 0.4) is 0 Å². The minimum atomic E-state index is 0.337. The van der Waals surface area contributed by atoms with Gasteiger partial charge in [-0.15, -0.1) is 0 Å². The Balaban J connectivity index is 2.66. The van der Waals surface area contributed by atoms with Crippen molar-refractivity contribution in [1.29, 1.82) is 0 Å². The molecule has 0 saturated heterocycles. The van der Waals surface area contributed by atoms with E-state index in [0.29, 0.717) is 11.6 Å². The lowest BCUT2D eigenvalue weighted by Crippen LogP contribution is -2.44. The van der Waals surface area contributed by atoms with Gasteiger partial charge in [-0.25, -0.2) is 0 Å². The van der Waals surface area contributed by atoms with Crippen molar-refractivity contribution in [3.63, 3.8) is 0 Å². The zero-order valence-corrected chi connectivity index (χ0v) is 9.99. The summed E-state index contributed by atoms with van der Waals surface area (Å²) in [4.78, 5) is 4.60. The lowest BCUT2D eigenvalue weighted by atomic mass is 9.95. The first kappa shape index (κ1) is 11.3. The van der Waals surface area contributed by atoms with Crippen LogP contribution < -0.4 is 0 Å². The Kier molecular flexibility index (Phi) is 3.38. The van der Waals surface area contributed by atoms with Crippen LogP contribution in [0.1, 0.15) is 20.8 Å². The molecule has 0 radical (unpaired) electrons. The third-order valence-electron chi connectivity index (χ3n) is 2.20. The van der Waals surface area contributed by atoms with Crippen LogP contribution in [0.2, 0.25) is 0 Å². The molecule has 1 rings (SSSR count). The SMILES string of the molecule is CN(C)C1C=CC=CN1CC(C)(C)C. The van der Waals surface area contributed by atoms with E-state index in [2.05, 4.69) is 69.1 Å². The van der Waals surface area contributed by atoms with Gasteiger partial charge in [-0.1, -0.05) is 26.8 Å². The summed E-state index contributed by atoms with van der Waals surface area (Å²) >= 11 is 0. The molecule has 0 N–H and O–H groups in total. The second-order valence-corrected chi connectivity index (χ2v) is 5.34. The van der Waals surface area contributed by atoms with Crippen molar-refractivity contribution in [3.05, 3.63) is 24.4 Å². The van der Waals surface area contributed by atoms with Gasteiger partial charge in [0.1, 0.15) is 6.17 Å². The van der Waals surface area contributed by atoms with Gasteiger partial charge in [0, 0.05) is 12.7 Å². The molecule has 0 fully saturated rings. The van der Waals surface area contributed by atoms with Crippen molar-refractivity contribution < 1.29 is 0 Å². The Morgan fingerprint density at radius 1 is 1.21 bits per heavy atom. The molecular weight excluding hydrogens is 172 g/mol. The third kappa shape index (κ3) is 3.18. The number of hydrogen-bond acceptors (Lipinski definition) is 2. The average molecular weight is 194 g/mol. The molecule has 0 saturated carbocycles. The first-order chi connectivity index (χ1) is 6.40. The van der Waals surface area contributed by atoms with Crippen LogP contribution >= 0.6 is 0 Å². The second-order valence-electron chi connectivity index (χ2n) is 5.34. The predicted octanol–water partition coefficient (Wildman–Crippen LogP) is 2.31. The molecule has 1 aliphatic rings. The third-order valence-corrected chi connectivity index (χ3v) is 2.20. The summed E-state index contributed by atoms with van der Waals surface area (Å²) in [5.74, 6) is 0. The maximum Gasteiger partial charge on any atom is 0.100 e. The Labute approximate surface area is 87.9 Å².